The highest BCUT2D eigenvalue weighted by Gasteiger charge is 2.18. The topological polar surface area (TPSA) is 91.4 Å². The van der Waals surface area contributed by atoms with E-state index >= 15 is 0 Å². The number of hydrogen-bond donors (Lipinski definition) is 1. The first-order valence-corrected chi connectivity index (χ1v) is 13.4. The van der Waals surface area contributed by atoms with E-state index in [9.17, 15) is 10.1 Å². The summed E-state index contributed by atoms with van der Waals surface area (Å²) < 4.78 is 7.72. The van der Waals surface area contributed by atoms with Gasteiger partial charge in [-0.3, -0.25) is 9.69 Å². The number of anilines is 1. The number of nitrogens with two attached hydrogens (primary N) is 1. The molecule has 2 N–H and O–H groups in total. The zero-order chi connectivity index (χ0) is 27.5. The lowest BCUT2D eigenvalue weighted by Gasteiger charge is -2.35. The molecule has 2 aromatic heterocycles. The Bertz CT molecular complexity index is 1790. The summed E-state index contributed by atoms with van der Waals surface area (Å²) in [7, 11) is 0. The fourth-order valence-corrected chi connectivity index (χ4v) is 5.33. The normalized spacial score (nSPS) is 13.7. The van der Waals surface area contributed by atoms with Gasteiger partial charge in [0.15, 0.2) is 5.76 Å². The number of furan rings is 1. The van der Waals surface area contributed by atoms with Gasteiger partial charge in [-0.15, -0.1) is 0 Å². The average molecular weight is 528 g/mol. The lowest BCUT2D eigenvalue weighted by molar-refractivity contribution is 0.0976. The molecule has 1 fully saturated rings. The number of rotatable bonds is 6. The quantitative estimate of drug-likeness (QED) is 0.315. The van der Waals surface area contributed by atoms with Crippen LogP contribution in [0, 0.1) is 23.2 Å². The first-order valence-electron chi connectivity index (χ1n) is 13.4. The Kier molecular flexibility index (Phi) is 6.97. The van der Waals surface area contributed by atoms with Gasteiger partial charge in [0, 0.05) is 73.9 Å². The van der Waals surface area contributed by atoms with Gasteiger partial charge in [-0.1, -0.05) is 42.2 Å². The van der Waals surface area contributed by atoms with Crippen LogP contribution >= 0.6 is 0 Å². The highest BCUT2D eigenvalue weighted by molar-refractivity contribution is 5.95. The number of aromatic nitrogens is 1. The molecule has 7 heteroatoms. The molecule has 1 amide bonds. The molecular formula is C33H29N5O2. The van der Waals surface area contributed by atoms with Gasteiger partial charge in [0.25, 0.3) is 5.91 Å². The van der Waals surface area contributed by atoms with Crippen molar-refractivity contribution in [2.45, 2.75) is 13.0 Å². The summed E-state index contributed by atoms with van der Waals surface area (Å²) >= 11 is 0. The van der Waals surface area contributed by atoms with Crippen LogP contribution in [-0.4, -0.2) is 48.1 Å². The molecule has 0 spiro atoms. The van der Waals surface area contributed by atoms with E-state index in [-0.39, 0.29) is 5.76 Å². The van der Waals surface area contributed by atoms with Gasteiger partial charge in [-0.05, 0) is 48.0 Å². The molecule has 1 saturated heterocycles. The molecule has 1 aliphatic rings. The van der Waals surface area contributed by atoms with Crippen LogP contribution in [0.5, 0.6) is 0 Å². The Morgan fingerprint density at radius 3 is 2.58 bits per heavy atom. The summed E-state index contributed by atoms with van der Waals surface area (Å²) in [6.45, 7) is 5.43. The molecule has 5 aromatic rings. The van der Waals surface area contributed by atoms with Gasteiger partial charge in [0.2, 0.25) is 0 Å². The molecular weight excluding hydrogens is 498 g/mol. The molecule has 0 atom stereocenters. The van der Waals surface area contributed by atoms with Crippen molar-refractivity contribution < 1.29 is 9.21 Å². The number of benzene rings is 3. The van der Waals surface area contributed by atoms with Crippen LogP contribution in [0.1, 0.15) is 33.7 Å². The van der Waals surface area contributed by atoms with E-state index in [1.54, 1.807) is 6.07 Å². The molecule has 7 nitrogen and oxygen atoms in total. The van der Waals surface area contributed by atoms with Gasteiger partial charge >= 0.3 is 0 Å². The highest BCUT2D eigenvalue weighted by atomic mass is 16.3. The SMILES string of the molecule is N#Cc1ccc2c(c1)c(C#CCCN1CCN(c3ccc4oc(C(N)=O)cc4c3)CC1)cn2Cc1ccccc1. The van der Waals surface area contributed by atoms with Gasteiger partial charge in [0.05, 0.1) is 17.2 Å². The number of nitriles is 1. The smallest absolute Gasteiger partial charge is 0.284 e. The van der Waals surface area contributed by atoms with E-state index in [0.717, 1.165) is 73.2 Å². The van der Waals surface area contributed by atoms with Crippen LogP contribution in [0.15, 0.2) is 83.4 Å². The second-order valence-electron chi connectivity index (χ2n) is 10.1. The molecule has 3 heterocycles. The predicted molar refractivity (Wildman–Crippen MR) is 157 cm³/mol. The van der Waals surface area contributed by atoms with Crippen molar-refractivity contribution in [2.24, 2.45) is 5.73 Å². The molecule has 0 saturated carbocycles. The Hall–Kier alpha value is -4.98. The summed E-state index contributed by atoms with van der Waals surface area (Å²) in [5.41, 5.74) is 11.1. The van der Waals surface area contributed by atoms with Crippen molar-refractivity contribution in [1.29, 1.82) is 5.26 Å². The van der Waals surface area contributed by atoms with E-state index in [0.29, 0.717) is 11.1 Å². The minimum Gasteiger partial charge on any atom is -0.451 e. The molecule has 0 bridgehead atoms. The van der Waals surface area contributed by atoms with Crippen LogP contribution in [0.4, 0.5) is 5.69 Å². The number of carbonyl (C=O) groups excluding carboxylic acids is 1. The number of piperazine rings is 1. The monoisotopic (exact) mass is 527 g/mol. The molecule has 0 aliphatic carbocycles. The lowest BCUT2D eigenvalue weighted by Crippen LogP contribution is -2.46. The largest absolute Gasteiger partial charge is 0.451 e. The van der Waals surface area contributed by atoms with Crippen LogP contribution in [0.2, 0.25) is 0 Å². The predicted octanol–water partition coefficient (Wildman–Crippen LogP) is 4.97. The Balaban J connectivity index is 1.09. The maximum Gasteiger partial charge on any atom is 0.284 e. The van der Waals surface area contributed by atoms with E-state index in [1.165, 1.54) is 5.56 Å². The maximum absolute atomic E-state index is 11.4. The summed E-state index contributed by atoms with van der Waals surface area (Å²) in [5, 5.41) is 11.3. The van der Waals surface area contributed by atoms with Crippen molar-refractivity contribution in [3.8, 4) is 17.9 Å². The number of hydrogen-bond acceptors (Lipinski definition) is 5. The van der Waals surface area contributed by atoms with Crippen molar-refractivity contribution >= 4 is 33.5 Å². The van der Waals surface area contributed by atoms with Crippen LogP contribution in [-0.2, 0) is 6.54 Å². The van der Waals surface area contributed by atoms with Crippen molar-refractivity contribution in [3.05, 3.63) is 101 Å². The van der Waals surface area contributed by atoms with Crippen molar-refractivity contribution in [3.63, 3.8) is 0 Å². The fourth-order valence-electron chi connectivity index (χ4n) is 5.33. The standard InChI is InChI=1S/C33H29N5O2/c34-21-25-9-11-30-29(18-25)26(23-38(30)22-24-6-2-1-3-7-24)8-4-5-13-36-14-16-37(17-15-36)28-10-12-31-27(19-28)20-32(40-31)33(35)39/h1-3,6-7,9-12,18-20,23H,5,13-17,22H2,(H2,35,39). The third-order valence-electron chi connectivity index (χ3n) is 7.46. The van der Waals surface area contributed by atoms with E-state index in [2.05, 4.69) is 68.8 Å². The molecule has 0 radical (unpaired) electrons. The minimum absolute atomic E-state index is 0.185. The van der Waals surface area contributed by atoms with Gasteiger partial charge < -0.3 is 19.6 Å². The third kappa shape index (κ3) is 5.29. The van der Waals surface area contributed by atoms with Crippen molar-refractivity contribution in [1.82, 2.24) is 9.47 Å². The van der Waals surface area contributed by atoms with Crippen LogP contribution < -0.4 is 10.6 Å². The maximum atomic E-state index is 11.4. The summed E-state index contributed by atoms with van der Waals surface area (Å²) in [5.74, 6) is 6.40. The summed E-state index contributed by atoms with van der Waals surface area (Å²) in [6, 6.07) is 26.1. The van der Waals surface area contributed by atoms with Gasteiger partial charge in [-0.2, -0.15) is 5.26 Å². The first-order chi connectivity index (χ1) is 19.6. The van der Waals surface area contributed by atoms with Gasteiger partial charge in [0.1, 0.15) is 5.58 Å². The number of primary amides is 1. The molecule has 40 heavy (non-hydrogen) atoms. The molecule has 1 aliphatic heterocycles. The molecule has 0 unspecified atom stereocenters. The van der Waals surface area contributed by atoms with E-state index in [1.807, 2.05) is 36.4 Å². The number of nitrogens with zero attached hydrogens (tertiary/aromatic N) is 4. The molecule has 6 rings (SSSR count). The Morgan fingerprint density at radius 1 is 0.975 bits per heavy atom. The second kappa shape index (κ2) is 11.0. The summed E-state index contributed by atoms with van der Waals surface area (Å²) in [6.07, 6.45) is 2.88. The second-order valence-corrected chi connectivity index (χ2v) is 10.1. The number of fused-ring (bicyclic) bond motifs is 2. The first kappa shape index (κ1) is 25.3. The van der Waals surface area contributed by atoms with Gasteiger partial charge in [-0.25, -0.2) is 0 Å². The molecule has 198 valence electrons. The Labute approximate surface area is 233 Å². The van der Waals surface area contributed by atoms with Crippen LogP contribution in [0.3, 0.4) is 0 Å². The summed E-state index contributed by atoms with van der Waals surface area (Å²) in [4.78, 5) is 16.2. The van der Waals surface area contributed by atoms with E-state index < -0.39 is 5.91 Å². The zero-order valence-corrected chi connectivity index (χ0v) is 22.1. The number of amides is 1. The number of carbonyl (C=O) groups is 1. The fraction of sp³-hybridized carbons (Fsp3) is 0.212. The van der Waals surface area contributed by atoms with E-state index in [4.69, 9.17) is 10.2 Å². The zero-order valence-electron chi connectivity index (χ0n) is 22.1. The van der Waals surface area contributed by atoms with Crippen molar-refractivity contribution in [2.75, 3.05) is 37.6 Å². The Morgan fingerprint density at radius 2 is 1.80 bits per heavy atom. The minimum atomic E-state index is -0.556. The third-order valence-corrected chi connectivity index (χ3v) is 7.46. The average Bonchev–Trinajstić information content (AvgIpc) is 3.57. The molecule has 3 aromatic carbocycles. The highest BCUT2D eigenvalue weighted by Crippen LogP contribution is 2.26. The lowest BCUT2D eigenvalue weighted by atomic mass is 10.1. The van der Waals surface area contributed by atoms with Crippen LogP contribution in [0.25, 0.3) is 21.9 Å².